The van der Waals surface area contributed by atoms with Gasteiger partial charge in [0.2, 0.25) is 0 Å². The Morgan fingerprint density at radius 3 is 2.86 bits per heavy atom. The van der Waals surface area contributed by atoms with E-state index in [1.165, 1.54) is 0 Å². The van der Waals surface area contributed by atoms with Crippen molar-refractivity contribution in [3.63, 3.8) is 0 Å². The van der Waals surface area contributed by atoms with Crippen LogP contribution in [-0.4, -0.2) is 20.2 Å². The van der Waals surface area contributed by atoms with E-state index in [0.29, 0.717) is 5.82 Å². The van der Waals surface area contributed by atoms with Gasteiger partial charge in [-0.3, -0.25) is 0 Å². The Balaban J connectivity index is 2.20. The first-order chi connectivity index (χ1) is 6.80. The highest BCUT2D eigenvalue weighted by Gasteiger charge is 2.43. The van der Waals surface area contributed by atoms with Gasteiger partial charge in [0.05, 0.1) is 12.6 Å². The molecule has 0 saturated heterocycles. The lowest BCUT2D eigenvalue weighted by atomic mass is 9.69. The largest absolute Gasteiger partial charge is 0.197 e. The minimum absolute atomic E-state index is 0.425. The monoisotopic (exact) mass is 191 g/mol. The van der Waals surface area contributed by atoms with Gasteiger partial charge < -0.3 is 0 Å². The molecule has 1 fully saturated rings. The second-order valence-corrected chi connectivity index (χ2v) is 3.76. The maximum Gasteiger partial charge on any atom is 0.194 e. The summed E-state index contributed by atoms with van der Waals surface area (Å²) in [4.78, 5) is 1.58. The van der Waals surface area contributed by atoms with Crippen molar-refractivity contribution < 1.29 is 0 Å². The van der Waals surface area contributed by atoms with Gasteiger partial charge in [-0.15, -0.1) is 10.2 Å². The van der Waals surface area contributed by atoms with Crippen LogP contribution in [0.1, 0.15) is 38.4 Å². The van der Waals surface area contributed by atoms with E-state index < -0.39 is 5.41 Å². The van der Waals surface area contributed by atoms with Gasteiger partial charge in [0.15, 0.2) is 5.82 Å². The molecule has 0 bridgehead atoms. The number of nitrogens with zero attached hydrogens (tertiary/aromatic N) is 5. The molecule has 0 aliphatic heterocycles. The van der Waals surface area contributed by atoms with Crippen LogP contribution in [0.4, 0.5) is 0 Å². The molecule has 1 aromatic heterocycles. The van der Waals surface area contributed by atoms with Crippen LogP contribution < -0.4 is 0 Å². The van der Waals surface area contributed by atoms with Crippen molar-refractivity contribution in [1.29, 1.82) is 5.26 Å². The fourth-order valence-corrected chi connectivity index (χ4v) is 1.65. The van der Waals surface area contributed by atoms with Gasteiger partial charge in [0.25, 0.3) is 0 Å². The molecule has 0 amide bonds. The molecule has 0 unspecified atom stereocenters. The number of rotatable bonds is 3. The molecule has 0 radical (unpaired) electrons. The van der Waals surface area contributed by atoms with Gasteiger partial charge in [-0.05, 0) is 30.9 Å². The lowest BCUT2D eigenvalue weighted by molar-refractivity contribution is 0.305. The average Bonchev–Trinajstić information content (AvgIpc) is 2.54. The smallest absolute Gasteiger partial charge is 0.194 e. The van der Waals surface area contributed by atoms with Crippen molar-refractivity contribution in [2.75, 3.05) is 0 Å². The Morgan fingerprint density at radius 1 is 1.57 bits per heavy atom. The van der Waals surface area contributed by atoms with Crippen molar-refractivity contribution in [3.8, 4) is 6.07 Å². The summed E-state index contributed by atoms with van der Waals surface area (Å²) in [7, 11) is 0. The maximum absolute atomic E-state index is 9.06. The van der Waals surface area contributed by atoms with E-state index in [9.17, 15) is 0 Å². The van der Waals surface area contributed by atoms with E-state index in [1.807, 2.05) is 0 Å². The topological polar surface area (TPSA) is 67.4 Å². The maximum atomic E-state index is 9.06. The first kappa shape index (κ1) is 9.13. The van der Waals surface area contributed by atoms with Crippen LogP contribution in [0.25, 0.3) is 0 Å². The molecule has 1 aliphatic rings. The zero-order chi connectivity index (χ0) is 10.0. The van der Waals surface area contributed by atoms with Crippen molar-refractivity contribution in [2.45, 2.75) is 44.6 Å². The molecule has 0 atom stereocenters. The van der Waals surface area contributed by atoms with Crippen molar-refractivity contribution in [1.82, 2.24) is 20.2 Å². The fraction of sp³-hybridized carbons (Fsp3) is 0.778. The molecule has 1 heterocycles. The zero-order valence-corrected chi connectivity index (χ0v) is 8.27. The van der Waals surface area contributed by atoms with Crippen molar-refractivity contribution >= 4 is 0 Å². The molecule has 5 nitrogen and oxygen atoms in total. The van der Waals surface area contributed by atoms with Crippen LogP contribution in [0.3, 0.4) is 0 Å². The highest BCUT2D eigenvalue weighted by molar-refractivity contribution is 5.22. The van der Waals surface area contributed by atoms with E-state index in [4.69, 9.17) is 5.26 Å². The molecule has 1 saturated carbocycles. The molecule has 2 rings (SSSR count). The van der Waals surface area contributed by atoms with Gasteiger partial charge in [0.1, 0.15) is 5.41 Å². The number of nitriles is 1. The molecule has 1 aromatic rings. The molecule has 0 aromatic carbocycles. The third kappa shape index (κ3) is 1.27. The molecule has 5 heteroatoms. The zero-order valence-electron chi connectivity index (χ0n) is 8.27. The van der Waals surface area contributed by atoms with Crippen LogP contribution in [0.2, 0.25) is 0 Å². The summed E-state index contributed by atoms with van der Waals surface area (Å²) in [5.41, 5.74) is -0.425. The summed E-state index contributed by atoms with van der Waals surface area (Å²) in [6.07, 6.45) is 3.83. The molecule has 74 valence electrons. The fourth-order valence-electron chi connectivity index (χ4n) is 1.65. The highest BCUT2D eigenvalue weighted by atomic mass is 15.6. The summed E-state index contributed by atoms with van der Waals surface area (Å²) in [6, 6.07) is 2.31. The highest BCUT2D eigenvalue weighted by Crippen LogP contribution is 2.40. The first-order valence-corrected chi connectivity index (χ1v) is 5.00. The van der Waals surface area contributed by atoms with E-state index in [-0.39, 0.29) is 0 Å². The Morgan fingerprint density at radius 2 is 2.36 bits per heavy atom. The predicted octanol–water partition coefficient (Wildman–Crippen LogP) is 1.03. The second kappa shape index (κ2) is 3.37. The minimum atomic E-state index is -0.425. The minimum Gasteiger partial charge on any atom is -0.197 e. The standard InChI is InChI=1S/C9H13N5/c1-2-6-14-12-8(11-13-14)9(7-10)4-3-5-9/h2-6H2,1H3. The SMILES string of the molecule is CCCn1nnc(C2(C#N)CCC2)n1. The molecule has 0 N–H and O–H groups in total. The summed E-state index contributed by atoms with van der Waals surface area (Å²) in [5, 5.41) is 21.2. The summed E-state index contributed by atoms with van der Waals surface area (Å²) >= 11 is 0. The molecular formula is C9H13N5. The third-order valence-corrected chi connectivity index (χ3v) is 2.73. The number of tetrazole rings is 1. The number of hydrogen-bond donors (Lipinski definition) is 0. The van der Waals surface area contributed by atoms with Crippen LogP contribution in [0.15, 0.2) is 0 Å². The third-order valence-electron chi connectivity index (χ3n) is 2.73. The number of hydrogen-bond acceptors (Lipinski definition) is 4. The Bertz CT molecular complexity index is 358. The van der Waals surface area contributed by atoms with Gasteiger partial charge >= 0.3 is 0 Å². The lowest BCUT2D eigenvalue weighted by Gasteiger charge is -2.31. The normalized spacial score (nSPS) is 18.6. The van der Waals surface area contributed by atoms with E-state index in [1.54, 1.807) is 4.80 Å². The Labute approximate surface area is 82.7 Å². The van der Waals surface area contributed by atoms with E-state index >= 15 is 0 Å². The Kier molecular flexibility index (Phi) is 2.20. The van der Waals surface area contributed by atoms with Crippen LogP contribution in [0, 0.1) is 11.3 Å². The lowest BCUT2D eigenvalue weighted by Crippen LogP contribution is -2.33. The molecular weight excluding hydrogens is 178 g/mol. The number of aryl methyl sites for hydroxylation is 1. The van der Waals surface area contributed by atoms with Crippen molar-refractivity contribution in [2.24, 2.45) is 0 Å². The molecule has 14 heavy (non-hydrogen) atoms. The average molecular weight is 191 g/mol. The summed E-state index contributed by atoms with van der Waals surface area (Å²) < 4.78 is 0. The van der Waals surface area contributed by atoms with Gasteiger partial charge in [-0.2, -0.15) is 10.1 Å². The van der Waals surface area contributed by atoms with Crippen LogP contribution in [0.5, 0.6) is 0 Å². The van der Waals surface area contributed by atoms with E-state index in [2.05, 4.69) is 28.4 Å². The predicted molar refractivity (Wildman–Crippen MR) is 49.3 cm³/mol. The summed E-state index contributed by atoms with van der Waals surface area (Å²) in [5.74, 6) is 0.611. The molecule has 1 aliphatic carbocycles. The molecule has 0 spiro atoms. The van der Waals surface area contributed by atoms with E-state index in [0.717, 1.165) is 32.2 Å². The number of aromatic nitrogens is 4. The van der Waals surface area contributed by atoms with Gasteiger partial charge in [-0.1, -0.05) is 6.92 Å². The van der Waals surface area contributed by atoms with Gasteiger partial charge in [-0.25, -0.2) is 0 Å². The Hall–Kier alpha value is -1.44. The second-order valence-electron chi connectivity index (χ2n) is 3.76. The first-order valence-electron chi connectivity index (χ1n) is 5.00. The van der Waals surface area contributed by atoms with Crippen LogP contribution >= 0.6 is 0 Å². The quantitative estimate of drug-likeness (QED) is 0.715. The summed E-state index contributed by atoms with van der Waals surface area (Å²) in [6.45, 7) is 2.83. The van der Waals surface area contributed by atoms with Gasteiger partial charge in [0, 0.05) is 0 Å². The van der Waals surface area contributed by atoms with Crippen molar-refractivity contribution in [3.05, 3.63) is 5.82 Å². The van der Waals surface area contributed by atoms with Crippen LogP contribution in [-0.2, 0) is 12.0 Å².